The van der Waals surface area contributed by atoms with Gasteiger partial charge >= 0.3 is 0 Å². The fourth-order valence-electron chi connectivity index (χ4n) is 1.90. The van der Waals surface area contributed by atoms with Crippen LogP contribution in [0.15, 0.2) is 12.1 Å². The molecular weight excluding hydrogens is 292 g/mol. The average molecular weight is 315 g/mol. The average Bonchev–Trinajstić information content (AvgIpc) is 2.35. The minimum Gasteiger partial charge on any atom is -0.497 e. The van der Waals surface area contributed by atoms with Crippen LogP contribution in [0.4, 0.5) is 0 Å². The van der Waals surface area contributed by atoms with E-state index in [9.17, 15) is 0 Å². The first-order valence-corrected chi connectivity index (χ1v) is 7.61. The SMILES string of the molecule is CCCCN(CCBr)Cc1cc(OC)cc(C)n1. The number of ether oxygens (including phenoxy) is 1. The van der Waals surface area contributed by atoms with Gasteiger partial charge in [-0.15, -0.1) is 0 Å². The van der Waals surface area contributed by atoms with E-state index in [1.54, 1.807) is 7.11 Å². The number of methoxy groups -OCH3 is 1. The highest BCUT2D eigenvalue weighted by Gasteiger charge is 2.07. The summed E-state index contributed by atoms with van der Waals surface area (Å²) in [6, 6.07) is 3.99. The molecule has 102 valence electrons. The molecule has 0 aromatic carbocycles. The molecule has 0 saturated heterocycles. The Morgan fingerprint density at radius 3 is 2.72 bits per heavy atom. The Balaban J connectivity index is 2.69. The number of unbranched alkanes of at least 4 members (excludes halogenated alkanes) is 1. The summed E-state index contributed by atoms with van der Waals surface area (Å²) in [5, 5.41) is 1.000. The van der Waals surface area contributed by atoms with Gasteiger partial charge in [0, 0.05) is 36.2 Å². The summed E-state index contributed by atoms with van der Waals surface area (Å²) in [6.45, 7) is 7.30. The smallest absolute Gasteiger partial charge is 0.122 e. The van der Waals surface area contributed by atoms with E-state index >= 15 is 0 Å². The lowest BCUT2D eigenvalue weighted by Gasteiger charge is -2.21. The van der Waals surface area contributed by atoms with Crippen molar-refractivity contribution < 1.29 is 4.74 Å². The van der Waals surface area contributed by atoms with Crippen molar-refractivity contribution in [1.29, 1.82) is 0 Å². The Morgan fingerprint density at radius 1 is 1.33 bits per heavy atom. The van der Waals surface area contributed by atoms with Crippen molar-refractivity contribution in [3.8, 4) is 5.75 Å². The molecular formula is C14H23BrN2O. The van der Waals surface area contributed by atoms with E-state index in [-0.39, 0.29) is 0 Å². The number of pyridine rings is 1. The van der Waals surface area contributed by atoms with Crippen LogP contribution in [0.2, 0.25) is 0 Å². The molecule has 0 aliphatic heterocycles. The Hall–Kier alpha value is -0.610. The van der Waals surface area contributed by atoms with Crippen LogP contribution in [0.3, 0.4) is 0 Å². The second kappa shape index (κ2) is 8.48. The highest BCUT2D eigenvalue weighted by atomic mass is 79.9. The lowest BCUT2D eigenvalue weighted by atomic mass is 10.2. The molecule has 0 saturated carbocycles. The third-order valence-electron chi connectivity index (χ3n) is 2.83. The maximum atomic E-state index is 5.29. The molecule has 1 aromatic heterocycles. The number of halogens is 1. The number of hydrogen-bond acceptors (Lipinski definition) is 3. The Morgan fingerprint density at radius 2 is 2.11 bits per heavy atom. The van der Waals surface area contributed by atoms with Gasteiger partial charge in [-0.1, -0.05) is 29.3 Å². The minimum atomic E-state index is 0.892. The van der Waals surface area contributed by atoms with Gasteiger partial charge in [-0.3, -0.25) is 9.88 Å². The van der Waals surface area contributed by atoms with Crippen molar-refractivity contribution in [3.05, 3.63) is 23.5 Å². The largest absolute Gasteiger partial charge is 0.497 e. The summed E-state index contributed by atoms with van der Waals surface area (Å²) >= 11 is 3.51. The third kappa shape index (κ3) is 5.36. The van der Waals surface area contributed by atoms with E-state index in [2.05, 4.69) is 32.7 Å². The molecule has 0 N–H and O–H groups in total. The molecule has 3 nitrogen and oxygen atoms in total. The highest BCUT2D eigenvalue weighted by Crippen LogP contribution is 2.15. The van der Waals surface area contributed by atoms with E-state index in [4.69, 9.17) is 4.74 Å². The predicted octanol–water partition coefficient (Wildman–Crippen LogP) is 3.40. The van der Waals surface area contributed by atoms with Gasteiger partial charge in [0.05, 0.1) is 12.8 Å². The van der Waals surface area contributed by atoms with E-state index in [0.29, 0.717) is 0 Å². The standard InChI is InChI=1S/C14H23BrN2O/c1-4-5-7-17(8-6-15)11-13-10-14(18-3)9-12(2)16-13/h9-10H,4-8,11H2,1-3H3. The van der Waals surface area contributed by atoms with Crippen molar-refractivity contribution in [1.82, 2.24) is 9.88 Å². The van der Waals surface area contributed by atoms with Crippen molar-refractivity contribution in [3.63, 3.8) is 0 Å². The van der Waals surface area contributed by atoms with Crippen LogP contribution < -0.4 is 4.74 Å². The van der Waals surface area contributed by atoms with Gasteiger partial charge in [-0.2, -0.15) is 0 Å². The first-order valence-electron chi connectivity index (χ1n) is 6.49. The first kappa shape index (κ1) is 15.4. The maximum Gasteiger partial charge on any atom is 0.122 e. The first-order chi connectivity index (χ1) is 8.69. The molecule has 1 heterocycles. The number of nitrogens with zero attached hydrogens (tertiary/aromatic N) is 2. The minimum absolute atomic E-state index is 0.892. The van der Waals surface area contributed by atoms with Gasteiger partial charge in [-0.05, 0) is 19.9 Å². The summed E-state index contributed by atoms with van der Waals surface area (Å²) in [5.74, 6) is 0.895. The molecule has 0 unspecified atom stereocenters. The monoisotopic (exact) mass is 314 g/mol. The van der Waals surface area contributed by atoms with Crippen LogP contribution >= 0.6 is 15.9 Å². The van der Waals surface area contributed by atoms with Crippen molar-refractivity contribution in [2.75, 3.05) is 25.5 Å². The van der Waals surface area contributed by atoms with Crippen LogP contribution in [0, 0.1) is 6.92 Å². The quantitative estimate of drug-likeness (QED) is 0.688. The molecule has 0 spiro atoms. The molecule has 4 heteroatoms. The zero-order valence-corrected chi connectivity index (χ0v) is 13.2. The normalized spacial score (nSPS) is 10.9. The molecule has 1 rings (SSSR count). The third-order valence-corrected chi connectivity index (χ3v) is 3.18. The van der Waals surface area contributed by atoms with Crippen LogP contribution in [-0.2, 0) is 6.54 Å². The Bertz CT molecular complexity index is 358. The van der Waals surface area contributed by atoms with Gasteiger partial charge in [0.1, 0.15) is 5.75 Å². The van der Waals surface area contributed by atoms with E-state index in [0.717, 1.165) is 42.1 Å². The fraction of sp³-hybridized carbons (Fsp3) is 0.643. The number of alkyl halides is 1. The van der Waals surface area contributed by atoms with Gasteiger partial charge in [-0.25, -0.2) is 0 Å². The van der Waals surface area contributed by atoms with Crippen molar-refractivity contribution >= 4 is 15.9 Å². The molecule has 0 aliphatic carbocycles. The van der Waals surface area contributed by atoms with Gasteiger partial charge in [0.25, 0.3) is 0 Å². The highest BCUT2D eigenvalue weighted by molar-refractivity contribution is 9.09. The molecule has 0 atom stereocenters. The lowest BCUT2D eigenvalue weighted by molar-refractivity contribution is 0.274. The zero-order valence-electron chi connectivity index (χ0n) is 11.6. The van der Waals surface area contributed by atoms with Gasteiger partial charge < -0.3 is 4.74 Å². The fourth-order valence-corrected chi connectivity index (χ4v) is 2.40. The maximum absolute atomic E-state index is 5.29. The number of hydrogen-bond donors (Lipinski definition) is 0. The summed E-state index contributed by atoms with van der Waals surface area (Å²) in [4.78, 5) is 7.00. The van der Waals surface area contributed by atoms with Crippen LogP contribution in [0.5, 0.6) is 5.75 Å². The molecule has 18 heavy (non-hydrogen) atoms. The van der Waals surface area contributed by atoms with Gasteiger partial charge in [0.2, 0.25) is 0 Å². The Kier molecular flexibility index (Phi) is 7.28. The molecule has 0 amide bonds. The summed E-state index contributed by atoms with van der Waals surface area (Å²) in [5.41, 5.74) is 2.10. The van der Waals surface area contributed by atoms with E-state index in [1.165, 1.54) is 12.8 Å². The zero-order chi connectivity index (χ0) is 13.4. The predicted molar refractivity (Wildman–Crippen MR) is 79.5 cm³/mol. The molecule has 0 bridgehead atoms. The van der Waals surface area contributed by atoms with Crippen LogP contribution in [0.1, 0.15) is 31.2 Å². The van der Waals surface area contributed by atoms with Crippen molar-refractivity contribution in [2.24, 2.45) is 0 Å². The summed E-state index contributed by atoms with van der Waals surface area (Å²) < 4.78 is 5.29. The van der Waals surface area contributed by atoms with Crippen molar-refractivity contribution in [2.45, 2.75) is 33.2 Å². The van der Waals surface area contributed by atoms with Crippen LogP contribution in [0.25, 0.3) is 0 Å². The van der Waals surface area contributed by atoms with Gasteiger partial charge in [0.15, 0.2) is 0 Å². The number of aromatic nitrogens is 1. The molecule has 1 aromatic rings. The number of rotatable bonds is 8. The molecule has 0 radical (unpaired) electrons. The lowest BCUT2D eigenvalue weighted by Crippen LogP contribution is -2.27. The van der Waals surface area contributed by atoms with E-state index in [1.807, 2.05) is 19.1 Å². The Labute approximate surface area is 119 Å². The molecule has 0 fully saturated rings. The second-order valence-corrected chi connectivity index (χ2v) is 5.25. The van der Waals surface area contributed by atoms with Crippen LogP contribution in [-0.4, -0.2) is 35.4 Å². The van der Waals surface area contributed by atoms with E-state index < -0.39 is 0 Å². The summed E-state index contributed by atoms with van der Waals surface area (Å²) in [6.07, 6.45) is 2.46. The topological polar surface area (TPSA) is 25.4 Å². The molecule has 0 aliphatic rings. The summed E-state index contributed by atoms with van der Waals surface area (Å²) in [7, 11) is 1.70. The number of aryl methyl sites for hydroxylation is 1. The second-order valence-electron chi connectivity index (χ2n) is 4.46.